The van der Waals surface area contributed by atoms with Crippen LogP contribution >= 0.6 is 0 Å². The number of para-hydroxylation sites is 1. The summed E-state index contributed by atoms with van der Waals surface area (Å²) in [6.45, 7) is 2.81. The van der Waals surface area contributed by atoms with E-state index in [9.17, 15) is 4.79 Å². The van der Waals surface area contributed by atoms with Crippen LogP contribution in [0.25, 0.3) is 0 Å². The van der Waals surface area contributed by atoms with Crippen molar-refractivity contribution >= 4 is 17.3 Å². The molecule has 2 atom stereocenters. The summed E-state index contributed by atoms with van der Waals surface area (Å²) in [6.07, 6.45) is 1.12. The fourth-order valence-corrected chi connectivity index (χ4v) is 2.56. The standard InChI is InChI=1S/C14H20N2O3/c1-9-11(7-8-19-9)16(2)12-6-4-5-10(13(12)15)14(17)18-3/h4-6,9,11H,7-8,15H2,1-3H3. The van der Waals surface area contributed by atoms with Crippen LogP contribution in [-0.2, 0) is 9.47 Å². The van der Waals surface area contributed by atoms with Crippen molar-refractivity contribution in [1.29, 1.82) is 0 Å². The number of esters is 1. The highest BCUT2D eigenvalue weighted by Crippen LogP contribution is 2.31. The highest BCUT2D eigenvalue weighted by atomic mass is 16.5. The smallest absolute Gasteiger partial charge is 0.340 e. The van der Waals surface area contributed by atoms with E-state index in [0.29, 0.717) is 11.3 Å². The Hall–Kier alpha value is -1.75. The van der Waals surface area contributed by atoms with Crippen LogP contribution in [0.1, 0.15) is 23.7 Å². The lowest BCUT2D eigenvalue weighted by Crippen LogP contribution is -2.37. The molecule has 5 heteroatoms. The van der Waals surface area contributed by atoms with E-state index >= 15 is 0 Å². The van der Waals surface area contributed by atoms with E-state index in [2.05, 4.69) is 11.8 Å². The third-order valence-corrected chi connectivity index (χ3v) is 3.70. The molecule has 0 amide bonds. The number of likely N-dealkylation sites (N-methyl/N-ethyl adjacent to an activating group) is 1. The molecular weight excluding hydrogens is 244 g/mol. The fraction of sp³-hybridized carbons (Fsp3) is 0.500. The number of hydrogen-bond acceptors (Lipinski definition) is 5. The maximum absolute atomic E-state index is 11.6. The molecule has 5 nitrogen and oxygen atoms in total. The van der Waals surface area contributed by atoms with E-state index in [4.69, 9.17) is 15.2 Å². The van der Waals surface area contributed by atoms with Gasteiger partial charge in [0.05, 0.1) is 36.2 Å². The summed E-state index contributed by atoms with van der Waals surface area (Å²) in [5.74, 6) is -0.413. The first-order valence-electron chi connectivity index (χ1n) is 6.37. The van der Waals surface area contributed by atoms with E-state index in [-0.39, 0.29) is 12.1 Å². The summed E-state index contributed by atoms with van der Waals surface area (Å²) < 4.78 is 10.3. The summed E-state index contributed by atoms with van der Waals surface area (Å²) in [7, 11) is 3.33. The molecule has 1 saturated heterocycles. The predicted octanol–water partition coefficient (Wildman–Crippen LogP) is 1.67. The lowest BCUT2D eigenvalue weighted by Gasteiger charge is -2.30. The molecule has 1 aliphatic heterocycles. The molecule has 1 aliphatic rings. The van der Waals surface area contributed by atoms with Crippen molar-refractivity contribution < 1.29 is 14.3 Å². The van der Waals surface area contributed by atoms with Crippen molar-refractivity contribution in [3.63, 3.8) is 0 Å². The molecule has 2 N–H and O–H groups in total. The van der Waals surface area contributed by atoms with Crippen molar-refractivity contribution in [1.82, 2.24) is 0 Å². The van der Waals surface area contributed by atoms with Crippen LogP contribution < -0.4 is 10.6 Å². The maximum atomic E-state index is 11.6. The van der Waals surface area contributed by atoms with Gasteiger partial charge in [0.25, 0.3) is 0 Å². The van der Waals surface area contributed by atoms with Crippen LogP contribution in [0.5, 0.6) is 0 Å². The fourth-order valence-electron chi connectivity index (χ4n) is 2.56. The van der Waals surface area contributed by atoms with Gasteiger partial charge in [-0.05, 0) is 25.5 Å². The third-order valence-electron chi connectivity index (χ3n) is 3.70. The number of rotatable bonds is 3. The topological polar surface area (TPSA) is 64.8 Å². The van der Waals surface area contributed by atoms with Gasteiger partial charge in [0, 0.05) is 13.7 Å². The van der Waals surface area contributed by atoms with Crippen LogP contribution in [0.2, 0.25) is 0 Å². The Morgan fingerprint density at radius 3 is 2.84 bits per heavy atom. The van der Waals surface area contributed by atoms with Gasteiger partial charge in [-0.25, -0.2) is 4.79 Å². The van der Waals surface area contributed by atoms with Gasteiger partial charge < -0.3 is 20.1 Å². The van der Waals surface area contributed by atoms with E-state index in [1.54, 1.807) is 6.07 Å². The molecule has 19 heavy (non-hydrogen) atoms. The Kier molecular flexibility index (Phi) is 3.95. The molecule has 2 rings (SSSR count). The van der Waals surface area contributed by atoms with Crippen LogP contribution in [-0.4, -0.2) is 38.9 Å². The minimum Gasteiger partial charge on any atom is -0.465 e. The van der Waals surface area contributed by atoms with Gasteiger partial charge in [-0.1, -0.05) is 6.07 Å². The molecule has 0 spiro atoms. The molecule has 1 fully saturated rings. The number of nitrogens with two attached hydrogens (primary N) is 1. The van der Waals surface area contributed by atoms with E-state index in [1.165, 1.54) is 7.11 Å². The van der Waals surface area contributed by atoms with Crippen molar-refractivity contribution in [3.8, 4) is 0 Å². The number of carbonyl (C=O) groups is 1. The van der Waals surface area contributed by atoms with Gasteiger partial charge in [-0.15, -0.1) is 0 Å². The Bertz CT molecular complexity index is 476. The number of anilines is 2. The predicted molar refractivity (Wildman–Crippen MR) is 74.4 cm³/mol. The minimum absolute atomic E-state index is 0.159. The summed E-state index contributed by atoms with van der Waals surface area (Å²) >= 11 is 0. The number of benzene rings is 1. The highest BCUT2D eigenvalue weighted by Gasteiger charge is 2.29. The molecule has 0 saturated carbocycles. The second-order valence-electron chi connectivity index (χ2n) is 4.77. The summed E-state index contributed by atoms with van der Waals surface area (Å²) in [5.41, 5.74) is 7.78. The summed E-state index contributed by atoms with van der Waals surface area (Å²) in [6, 6.07) is 5.67. The zero-order chi connectivity index (χ0) is 14.0. The number of ether oxygens (including phenoxy) is 2. The van der Waals surface area contributed by atoms with E-state index in [1.807, 2.05) is 19.2 Å². The first-order valence-corrected chi connectivity index (χ1v) is 6.37. The molecule has 1 aromatic carbocycles. The zero-order valence-electron chi connectivity index (χ0n) is 11.6. The van der Waals surface area contributed by atoms with Gasteiger partial charge in [0.15, 0.2) is 0 Å². The van der Waals surface area contributed by atoms with Gasteiger partial charge >= 0.3 is 5.97 Å². The number of nitrogen functional groups attached to an aromatic ring is 1. The van der Waals surface area contributed by atoms with Gasteiger partial charge in [-0.2, -0.15) is 0 Å². The lowest BCUT2D eigenvalue weighted by atomic mass is 10.1. The molecule has 0 bridgehead atoms. The van der Waals surface area contributed by atoms with Crippen LogP contribution in [0.4, 0.5) is 11.4 Å². The van der Waals surface area contributed by atoms with Crippen molar-refractivity contribution in [2.75, 3.05) is 31.4 Å². The van der Waals surface area contributed by atoms with Crippen molar-refractivity contribution in [2.24, 2.45) is 0 Å². The zero-order valence-corrected chi connectivity index (χ0v) is 11.6. The van der Waals surface area contributed by atoms with Crippen LogP contribution in [0, 0.1) is 0 Å². The Labute approximate surface area is 113 Å². The SMILES string of the molecule is COC(=O)c1cccc(N(C)C2CCOC2C)c1N. The number of hydrogen-bond donors (Lipinski definition) is 1. The number of carbonyl (C=O) groups excluding carboxylic acids is 1. The first-order chi connectivity index (χ1) is 9.06. The molecule has 2 unspecified atom stereocenters. The average Bonchev–Trinajstić information content (AvgIpc) is 2.83. The number of methoxy groups -OCH3 is 1. The second kappa shape index (κ2) is 5.48. The lowest BCUT2D eigenvalue weighted by molar-refractivity contribution is 0.0602. The average molecular weight is 264 g/mol. The molecule has 104 valence electrons. The first kappa shape index (κ1) is 13.7. The van der Waals surface area contributed by atoms with Gasteiger partial charge in [-0.3, -0.25) is 0 Å². The molecule has 0 aromatic heterocycles. The Balaban J connectivity index is 2.32. The molecule has 1 heterocycles. The molecular formula is C14H20N2O3. The molecule has 0 radical (unpaired) electrons. The Morgan fingerprint density at radius 2 is 2.26 bits per heavy atom. The van der Waals surface area contributed by atoms with E-state index in [0.717, 1.165) is 18.7 Å². The van der Waals surface area contributed by atoms with Gasteiger partial charge in [0.2, 0.25) is 0 Å². The van der Waals surface area contributed by atoms with Gasteiger partial charge in [0.1, 0.15) is 0 Å². The highest BCUT2D eigenvalue weighted by molar-refractivity contribution is 5.98. The number of nitrogens with zero attached hydrogens (tertiary/aromatic N) is 1. The largest absolute Gasteiger partial charge is 0.465 e. The summed E-state index contributed by atoms with van der Waals surface area (Å²) in [4.78, 5) is 13.7. The normalized spacial score (nSPS) is 22.3. The molecule has 0 aliphatic carbocycles. The monoisotopic (exact) mass is 264 g/mol. The minimum atomic E-state index is -0.413. The van der Waals surface area contributed by atoms with E-state index < -0.39 is 5.97 Å². The third kappa shape index (κ3) is 2.51. The van der Waals surface area contributed by atoms with Crippen molar-refractivity contribution in [2.45, 2.75) is 25.5 Å². The quantitative estimate of drug-likeness (QED) is 0.664. The summed E-state index contributed by atoms with van der Waals surface area (Å²) in [5, 5.41) is 0. The molecule has 1 aromatic rings. The van der Waals surface area contributed by atoms with Crippen LogP contribution in [0.15, 0.2) is 18.2 Å². The maximum Gasteiger partial charge on any atom is 0.340 e. The second-order valence-corrected chi connectivity index (χ2v) is 4.77. The van der Waals surface area contributed by atoms with Crippen molar-refractivity contribution in [3.05, 3.63) is 23.8 Å². The Morgan fingerprint density at radius 1 is 1.53 bits per heavy atom. The van der Waals surface area contributed by atoms with Crippen LogP contribution in [0.3, 0.4) is 0 Å².